The van der Waals surface area contributed by atoms with E-state index in [-0.39, 0.29) is 0 Å². The van der Waals surface area contributed by atoms with Gasteiger partial charge in [0.15, 0.2) is 0 Å². The molecule has 100 valence electrons. The Balaban J connectivity index is 1.76. The minimum atomic E-state index is 0.432. The molecule has 0 saturated carbocycles. The molecule has 3 nitrogen and oxygen atoms in total. The fraction of sp³-hybridized carbons (Fsp3) is 0.400. The zero-order chi connectivity index (χ0) is 13.4. The first-order valence-electron chi connectivity index (χ1n) is 6.59. The predicted octanol–water partition coefficient (Wildman–Crippen LogP) is 3.83. The molecule has 4 heteroatoms. The number of nitrogens with one attached hydrogen (secondary N) is 1. The zero-order valence-corrected chi connectivity index (χ0v) is 12.8. The summed E-state index contributed by atoms with van der Waals surface area (Å²) in [6.07, 6.45) is 2.29. The molecular formula is C15H17BrN2O. The summed E-state index contributed by atoms with van der Waals surface area (Å²) in [7, 11) is 0. The lowest BCUT2D eigenvalue weighted by atomic mass is 10.1. The Morgan fingerprint density at radius 2 is 2.26 bits per heavy atom. The number of halogens is 1. The van der Waals surface area contributed by atoms with Crippen LogP contribution in [0.3, 0.4) is 0 Å². The third kappa shape index (κ3) is 2.35. The molecule has 1 N–H and O–H groups in total. The summed E-state index contributed by atoms with van der Waals surface area (Å²) in [4.78, 5) is 0. The molecule has 0 bridgehead atoms. The molecule has 0 amide bonds. The Hall–Kier alpha value is -1.13. The molecular weight excluding hydrogens is 304 g/mol. The molecule has 0 fully saturated rings. The van der Waals surface area contributed by atoms with Gasteiger partial charge in [0.25, 0.3) is 0 Å². The minimum Gasteiger partial charge on any atom is -0.361 e. The second-order valence-corrected chi connectivity index (χ2v) is 5.94. The van der Waals surface area contributed by atoms with Gasteiger partial charge in [-0.2, -0.15) is 0 Å². The van der Waals surface area contributed by atoms with Crippen LogP contribution in [0.15, 0.2) is 27.2 Å². The van der Waals surface area contributed by atoms with Gasteiger partial charge in [-0.15, -0.1) is 0 Å². The fourth-order valence-electron chi connectivity index (χ4n) is 2.80. The highest BCUT2D eigenvalue weighted by Gasteiger charge is 2.24. The summed E-state index contributed by atoms with van der Waals surface area (Å²) in [6, 6.07) is 6.88. The summed E-state index contributed by atoms with van der Waals surface area (Å²) in [6.45, 7) is 4.78. The summed E-state index contributed by atoms with van der Waals surface area (Å²) >= 11 is 3.64. The van der Waals surface area contributed by atoms with E-state index in [0.29, 0.717) is 6.04 Å². The van der Waals surface area contributed by atoms with Gasteiger partial charge < -0.3 is 9.84 Å². The van der Waals surface area contributed by atoms with Crippen LogP contribution in [0.2, 0.25) is 0 Å². The molecule has 0 radical (unpaired) electrons. The van der Waals surface area contributed by atoms with E-state index < -0.39 is 0 Å². The van der Waals surface area contributed by atoms with Crippen molar-refractivity contribution < 1.29 is 4.52 Å². The quantitative estimate of drug-likeness (QED) is 0.934. The second kappa shape index (κ2) is 5.10. The summed E-state index contributed by atoms with van der Waals surface area (Å²) in [5, 5.41) is 7.63. The van der Waals surface area contributed by atoms with Crippen LogP contribution in [-0.4, -0.2) is 5.16 Å². The number of hydrogen-bond donors (Lipinski definition) is 1. The smallest absolute Gasteiger partial charge is 0.138 e. The Morgan fingerprint density at radius 3 is 3.00 bits per heavy atom. The lowest BCUT2D eigenvalue weighted by Gasteiger charge is -2.14. The lowest BCUT2D eigenvalue weighted by Crippen LogP contribution is -2.19. The Kier molecular flexibility index (Phi) is 3.46. The van der Waals surface area contributed by atoms with Gasteiger partial charge in [0, 0.05) is 22.6 Å². The average Bonchev–Trinajstić information content (AvgIpc) is 2.94. The second-order valence-electron chi connectivity index (χ2n) is 5.08. The van der Waals surface area contributed by atoms with Crippen molar-refractivity contribution in [3.05, 3.63) is 50.8 Å². The number of aryl methyl sites for hydroxylation is 2. The average molecular weight is 321 g/mol. The van der Waals surface area contributed by atoms with Gasteiger partial charge in [0.1, 0.15) is 5.76 Å². The van der Waals surface area contributed by atoms with Crippen molar-refractivity contribution in [2.24, 2.45) is 0 Å². The highest BCUT2D eigenvalue weighted by Crippen LogP contribution is 2.35. The first-order chi connectivity index (χ1) is 9.16. The van der Waals surface area contributed by atoms with Crippen molar-refractivity contribution in [1.82, 2.24) is 10.5 Å². The Bertz CT molecular complexity index is 587. The number of hydrogen-bond acceptors (Lipinski definition) is 3. The minimum absolute atomic E-state index is 0.432. The molecule has 1 aromatic heterocycles. The van der Waals surface area contributed by atoms with Crippen LogP contribution in [0.5, 0.6) is 0 Å². The SMILES string of the molecule is Cc1noc(C)c1CNC1CCc2c(Br)cccc21. The van der Waals surface area contributed by atoms with Crippen LogP contribution < -0.4 is 5.32 Å². The molecule has 0 spiro atoms. The first-order valence-corrected chi connectivity index (χ1v) is 7.38. The number of aromatic nitrogens is 1. The van der Waals surface area contributed by atoms with E-state index in [1.54, 1.807) is 0 Å². The van der Waals surface area contributed by atoms with E-state index in [9.17, 15) is 0 Å². The zero-order valence-electron chi connectivity index (χ0n) is 11.2. The van der Waals surface area contributed by atoms with Crippen molar-refractivity contribution in [3.63, 3.8) is 0 Å². The van der Waals surface area contributed by atoms with E-state index in [4.69, 9.17) is 4.52 Å². The molecule has 1 aromatic carbocycles. The van der Waals surface area contributed by atoms with E-state index >= 15 is 0 Å². The number of fused-ring (bicyclic) bond motifs is 1. The van der Waals surface area contributed by atoms with Crippen LogP contribution in [-0.2, 0) is 13.0 Å². The van der Waals surface area contributed by atoms with Crippen molar-refractivity contribution in [2.75, 3.05) is 0 Å². The number of nitrogens with zero attached hydrogens (tertiary/aromatic N) is 1. The maximum atomic E-state index is 5.20. The van der Waals surface area contributed by atoms with Crippen LogP contribution >= 0.6 is 15.9 Å². The standard InChI is InChI=1S/C15H17BrN2O/c1-9-13(10(2)19-18-9)8-17-15-7-6-11-12(15)4-3-5-14(11)16/h3-5,15,17H,6-8H2,1-2H3. The van der Waals surface area contributed by atoms with Gasteiger partial charge in [0.05, 0.1) is 5.69 Å². The molecule has 1 unspecified atom stereocenters. The Morgan fingerprint density at radius 1 is 1.42 bits per heavy atom. The highest BCUT2D eigenvalue weighted by atomic mass is 79.9. The summed E-state index contributed by atoms with van der Waals surface area (Å²) in [5.74, 6) is 0.914. The highest BCUT2D eigenvalue weighted by molar-refractivity contribution is 9.10. The van der Waals surface area contributed by atoms with Gasteiger partial charge in [0.2, 0.25) is 0 Å². The molecule has 1 aliphatic carbocycles. The monoisotopic (exact) mass is 320 g/mol. The van der Waals surface area contributed by atoms with Crippen LogP contribution in [0.25, 0.3) is 0 Å². The van der Waals surface area contributed by atoms with Crippen LogP contribution in [0, 0.1) is 13.8 Å². The molecule has 2 aromatic rings. The summed E-state index contributed by atoms with van der Waals surface area (Å²) < 4.78 is 6.43. The third-order valence-corrected chi connectivity index (χ3v) is 4.66. The lowest BCUT2D eigenvalue weighted by molar-refractivity contribution is 0.391. The van der Waals surface area contributed by atoms with E-state index in [1.165, 1.54) is 21.2 Å². The van der Waals surface area contributed by atoms with Gasteiger partial charge in [-0.3, -0.25) is 0 Å². The molecule has 1 aliphatic rings. The van der Waals surface area contributed by atoms with Gasteiger partial charge in [-0.1, -0.05) is 33.2 Å². The van der Waals surface area contributed by atoms with Crippen molar-refractivity contribution in [2.45, 2.75) is 39.3 Å². The summed E-state index contributed by atoms with van der Waals surface area (Å²) in [5.41, 5.74) is 5.03. The molecule has 0 saturated heterocycles. The van der Waals surface area contributed by atoms with Crippen LogP contribution in [0.1, 0.15) is 40.6 Å². The van der Waals surface area contributed by atoms with Crippen molar-refractivity contribution in [3.8, 4) is 0 Å². The predicted molar refractivity (Wildman–Crippen MR) is 78.0 cm³/mol. The largest absolute Gasteiger partial charge is 0.361 e. The fourth-order valence-corrected chi connectivity index (χ4v) is 3.38. The van der Waals surface area contributed by atoms with E-state index in [0.717, 1.165) is 30.8 Å². The Labute approximate surface area is 121 Å². The maximum Gasteiger partial charge on any atom is 0.138 e. The number of rotatable bonds is 3. The molecule has 19 heavy (non-hydrogen) atoms. The maximum absolute atomic E-state index is 5.20. The van der Waals surface area contributed by atoms with Gasteiger partial charge >= 0.3 is 0 Å². The van der Waals surface area contributed by atoms with Crippen LogP contribution in [0.4, 0.5) is 0 Å². The van der Waals surface area contributed by atoms with Gasteiger partial charge in [-0.05, 0) is 43.9 Å². The number of benzene rings is 1. The van der Waals surface area contributed by atoms with Crippen molar-refractivity contribution in [1.29, 1.82) is 0 Å². The van der Waals surface area contributed by atoms with E-state index in [1.807, 2.05) is 13.8 Å². The normalized spacial score (nSPS) is 17.7. The first kappa shape index (κ1) is 12.9. The molecule has 3 rings (SSSR count). The van der Waals surface area contributed by atoms with E-state index in [2.05, 4.69) is 44.6 Å². The van der Waals surface area contributed by atoms with Gasteiger partial charge in [-0.25, -0.2) is 0 Å². The third-order valence-electron chi connectivity index (χ3n) is 3.92. The topological polar surface area (TPSA) is 38.1 Å². The molecule has 1 atom stereocenters. The molecule has 0 aliphatic heterocycles. The van der Waals surface area contributed by atoms with Crippen molar-refractivity contribution >= 4 is 15.9 Å². The molecule has 1 heterocycles.